The van der Waals surface area contributed by atoms with Crippen LogP contribution in [0.2, 0.25) is 0 Å². The lowest BCUT2D eigenvalue weighted by Crippen LogP contribution is -2.38. The lowest BCUT2D eigenvalue weighted by molar-refractivity contribution is -0.116. The molecule has 146 valence electrons. The van der Waals surface area contributed by atoms with Crippen molar-refractivity contribution in [2.75, 3.05) is 5.32 Å². The molecule has 7 heteroatoms. The Morgan fingerprint density at radius 3 is 2.52 bits per heavy atom. The van der Waals surface area contributed by atoms with E-state index in [9.17, 15) is 14.4 Å². The van der Waals surface area contributed by atoms with Gasteiger partial charge in [0.1, 0.15) is 5.39 Å². The third kappa shape index (κ3) is 3.68. The summed E-state index contributed by atoms with van der Waals surface area (Å²) in [6.07, 6.45) is 7.88. The molecule has 0 atom stereocenters. The zero-order valence-electron chi connectivity index (χ0n) is 16.5. The van der Waals surface area contributed by atoms with Crippen LogP contribution in [-0.2, 0) is 18.9 Å². The molecule has 2 aromatic rings. The Morgan fingerprint density at radius 1 is 1.22 bits per heavy atom. The highest BCUT2D eigenvalue weighted by molar-refractivity contribution is 6.01. The summed E-state index contributed by atoms with van der Waals surface area (Å²) in [5, 5.41) is 3.26. The number of aryl methyl sites for hydroxylation is 1. The van der Waals surface area contributed by atoms with Gasteiger partial charge in [0.2, 0.25) is 5.91 Å². The molecule has 0 aromatic carbocycles. The summed E-state index contributed by atoms with van der Waals surface area (Å²) < 4.78 is 2.40. The lowest BCUT2D eigenvalue weighted by atomic mass is 10.00. The number of amides is 1. The number of rotatable bonds is 5. The number of nitrogens with zero attached hydrogens (tertiary/aromatic N) is 3. The van der Waals surface area contributed by atoms with Crippen LogP contribution in [0.5, 0.6) is 0 Å². The molecular formula is C20H28N4O3. The molecule has 0 aliphatic heterocycles. The first-order valence-electron chi connectivity index (χ1n) is 9.69. The van der Waals surface area contributed by atoms with Crippen molar-refractivity contribution >= 4 is 22.6 Å². The average Bonchev–Trinajstić information content (AvgIpc) is 3.16. The fourth-order valence-corrected chi connectivity index (χ4v) is 3.95. The molecule has 0 spiro atoms. The summed E-state index contributed by atoms with van der Waals surface area (Å²) in [6, 6.07) is 0. The summed E-state index contributed by atoms with van der Waals surface area (Å²) in [5.74, 6) is 0.615. The van der Waals surface area contributed by atoms with Crippen LogP contribution in [0.4, 0.5) is 5.69 Å². The number of aromatic nitrogens is 3. The Labute approximate surface area is 158 Å². The molecule has 1 amide bonds. The highest BCUT2D eigenvalue weighted by Crippen LogP contribution is 2.30. The largest absolute Gasteiger partial charge is 0.332 e. The van der Waals surface area contributed by atoms with Crippen molar-refractivity contribution in [2.24, 2.45) is 20.0 Å². The van der Waals surface area contributed by atoms with Crippen LogP contribution in [0.25, 0.3) is 11.0 Å². The van der Waals surface area contributed by atoms with E-state index < -0.39 is 11.2 Å². The van der Waals surface area contributed by atoms with E-state index in [0.29, 0.717) is 29.1 Å². The molecule has 0 radical (unpaired) electrons. The van der Waals surface area contributed by atoms with E-state index >= 15 is 0 Å². The van der Waals surface area contributed by atoms with Crippen LogP contribution >= 0.6 is 0 Å². The smallest absolute Gasteiger partial charge is 0.325 e. The van der Waals surface area contributed by atoms with Gasteiger partial charge in [-0.05, 0) is 23.8 Å². The topological polar surface area (TPSA) is 86.0 Å². The van der Waals surface area contributed by atoms with Gasteiger partial charge in [-0.25, -0.2) is 9.78 Å². The van der Waals surface area contributed by atoms with E-state index in [2.05, 4.69) is 10.3 Å². The van der Waals surface area contributed by atoms with Crippen LogP contribution in [0.3, 0.4) is 0 Å². The van der Waals surface area contributed by atoms with Crippen molar-refractivity contribution < 1.29 is 4.79 Å². The minimum absolute atomic E-state index is 0.0778. The van der Waals surface area contributed by atoms with Gasteiger partial charge in [0.15, 0.2) is 5.65 Å². The van der Waals surface area contributed by atoms with Crippen LogP contribution in [0, 0.1) is 5.92 Å². The van der Waals surface area contributed by atoms with Crippen molar-refractivity contribution in [3.8, 4) is 0 Å². The standard InChI is InChI=1S/C20H28N4O3/c1-12(2)14-11-21-18-16(19(26)24(4)20(27)23(18)3)17(14)22-15(25)10-9-13-7-5-6-8-13/h11-13H,5-10H2,1-4H3,(H,21,22,25). The lowest BCUT2D eigenvalue weighted by Gasteiger charge is -2.18. The second-order valence-electron chi connectivity index (χ2n) is 7.88. The minimum atomic E-state index is -0.436. The number of hydrogen-bond acceptors (Lipinski definition) is 4. The Balaban J connectivity index is 2.03. The van der Waals surface area contributed by atoms with Crippen molar-refractivity contribution in [3.63, 3.8) is 0 Å². The molecule has 0 unspecified atom stereocenters. The van der Waals surface area contributed by atoms with Crippen molar-refractivity contribution in [1.82, 2.24) is 14.1 Å². The highest BCUT2D eigenvalue weighted by Gasteiger charge is 2.21. The molecule has 2 heterocycles. The van der Waals surface area contributed by atoms with E-state index in [1.165, 1.54) is 37.3 Å². The fraction of sp³-hybridized carbons (Fsp3) is 0.600. The molecule has 1 aliphatic rings. The number of anilines is 1. The van der Waals surface area contributed by atoms with Crippen LogP contribution in [0.15, 0.2) is 15.8 Å². The van der Waals surface area contributed by atoms with Gasteiger partial charge in [-0.1, -0.05) is 39.5 Å². The first kappa shape index (κ1) is 19.3. The first-order valence-corrected chi connectivity index (χ1v) is 9.69. The van der Waals surface area contributed by atoms with E-state index in [4.69, 9.17) is 0 Å². The van der Waals surface area contributed by atoms with Gasteiger partial charge < -0.3 is 5.32 Å². The predicted molar refractivity (Wildman–Crippen MR) is 106 cm³/mol. The monoisotopic (exact) mass is 372 g/mol. The van der Waals surface area contributed by atoms with Gasteiger partial charge in [0.25, 0.3) is 5.56 Å². The van der Waals surface area contributed by atoms with Gasteiger partial charge >= 0.3 is 5.69 Å². The van der Waals surface area contributed by atoms with Gasteiger partial charge in [-0.2, -0.15) is 0 Å². The van der Waals surface area contributed by atoms with Crippen LogP contribution in [-0.4, -0.2) is 20.0 Å². The normalized spacial score (nSPS) is 15.0. The predicted octanol–water partition coefficient (Wildman–Crippen LogP) is 2.66. The van der Waals surface area contributed by atoms with Gasteiger partial charge in [-0.15, -0.1) is 0 Å². The number of carbonyl (C=O) groups is 1. The summed E-state index contributed by atoms with van der Waals surface area (Å²) in [6.45, 7) is 3.98. The Kier molecular flexibility index (Phi) is 5.48. The SMILES string of the molecule is CC(C)c1cnc2c(c1NC(=O)CCC1CCCC1)c(=O)n(C)c(=O)n2C. The number of fused-ring (bicyclic) bond motifs is 1. The van der Waals surface area contributed by atoms with Crippen molar-refractivity contribution in [2.45, 2.75) is 58.3 Å². The molecule has 7 nitrogen and oxygen atoms in total. The third-order valence-electron chi connectivity index (χ3n) is 5.64. The van der Waals surface area contributed by atoms with Gasteiger partial charge in [-0.3, -0.25) is 18.7 Å². The van der Waals surface area contributed by atoms with E-state index in [1.54, 1.807) is 13.2 Å². The Morgan fingerprint density at radius 2 is 1.89 bits per heavy atom. The van der Waals surface area contributed by atoms with Gasteiger partial charge in [0, 0.05) is 26.7 Å². The number of carbonyl (C=O) groups excluding carboxylic acids is 1. The second-order valence-corrected chi connectivity index (χ2v) is 7.88. The molecule has 27 heavy (non-hydrogen) atoms. The minimum Gasteiger partial charge on any atom is -0.325 e. The summed E-state index contributed by atoms with van der Waals surface area (Å²) in [5.41, 5.74) is 0.707. The van der Waals surface area contributed by atoms with E-state index in [-0.39, 0.29) is 11.8 Å². The molecule has 0 bridgehead atoms. The van der Waals surface area contributed by atoms with E-state index in [0.717, 1.165) is 16.6 Å². The quantitative estimate of drug-likeness (QED) is 0.874. The average molecular weight is 372 g/mol. The van der Waals surface area contributed by atoms with Crippen molar-refractivity contribution in [3.05, 3.63) is 32.6 Å². The summed E-state index contributed by atoms with van der Waals surface area (Å²) in [4.78, 5) is 42.0. The van der Waals surface area contributed by atoms with Gasteiger partial charge in [0.05, 0.1) is 5.69 Å². The van der Waals surface area contributed by atoms with Crippen molar-refractivity contribution in [1.29, 1.82) is 0 Å². The Bertz CT molecular complexity index is 981. The fourth-order valence-electron chi connectivity index (χ4n) is 3.95. The zero-order chi connectivity index (χ0) is 19.7. The number of hydrogen-bond donors (Lipinski definition) is 1. The zero-order valence-corrected chi connectivity index (χ0v) is 16.5. The van der Waals surface area contributed by atoms with Crippen LogP contribution in [0.1, 0.15) is 63.9 Å². The molecule has 3 rings (SSSR count). The maximum Gasteiger partial charge on any atom is 0.332 e. The number of nitrogens with one attached hydrogen (secondary N) is 1. The molecule has 1 saturated carbocycles. The molecule has 0 saturated heterocycles. The maximum atomic E-state index is 12.8. The summed E-state index contributed by atoms with van der Waals surface area (Å²) in [7, 11) is 3.02. The highest BCUT2D eigenvalue weighted by atomic mass is 16.2. The second kappa shape index (κ2) is 7.66. The Hall–Kier alpha value is -2.44. The third-order valence-corrected chi connectivity index (χ3v) is 5.64. The first-order chi connectivity index (χ1) is 12.8. The molecule has 1 aliphatic carbocycles. The van der Waals surface area contributed by atoms with E-state index in [1.807, 2.05) is 13.8 Å². The summed E-state index contributed by atoms with van der Waals surface area (Å²) >= 11 is 0. The number of pyridine rings is 1. The maximum absolute atomic E-state index is 12.8. The van der Waals surface area contributed by atoms with Crippen LogP contribution < -0.4 is 16.6 Å². The molecule has 1 N–H and O–H groups in total. The molecular weight excluding hydrogens is 344 g/mol. The molecule has 1 fully saturated rings. The molecule has 2 aromatic heterocycles.